The molecule has 7 nitrogen and oxygen atoms in total. The van der Waals surface area contributed by atoms with Crippen molar-refractivity contribution in [2.75, 3.05) is 17.7 Å². The highest BCUT2D eigenvalue weighted by Gasteiger charge is 2.14. The van der Waals surface area contributed by atoms with E-state index in [4.69, 9.17) is 14.5 Å². The van der Waals surface area contributed by atoms with Gasteiger partial charge in [-0.25, -0.2) is 14.4 Å². The second-order valence-corrected chi connectivity index (χ2v) is 7.97. The number of hydrogen-bond donors (Lipinski definition) is 2. The molecule has 1 amide bonds. The molecule has 34 heavy (non-hydrogen) atoms. The molecule has 4 aromatic rings. The lowest BCUT2D eigenvalue weighted by Gasteiger charge is -2.16. The van der Waals surface area contributed by atoms with Crippen molar-refractivity contribution in [2.45, 2.75) is 26.9 Å². The van der Waals surface area contributed by atoms with E-state index in [0.29, 0.717) is 34.3 Å². The van der Waals surface area contributed by atoms with Crippen molar-refractivity contribution in [1.29, 1.82) is 0 Å². The summed E-state index contributed by atoms with van der Waals surface area (Å²) in [5, 5.41) is 6.75. The first-order valence-electron chi connectivity index (χ1n) is 10.8. The van der Waals surface area contributed by atoms with E-state index in [-0.39, 0.29) is 17.8 Å². The Kier molecular flexibility index (Phi) is 6.58. The Morgan fingerprint density at radius 2 is 1.85 bits per heavy atom. The minimum atomic E-state index is -0.369. The van der Waals surface area contributed by atoms with Crippen LogP contribution in [0.25, 0.3) is 22.0 Å². The normalized spacial score (nSPS) is 10.9. The number of nitrogens with one attached hydrogen (secondary N) is 2. The third kappa shape index (κ3) is 5.06. The number of para-hydroxylation sites is 1. The van der Waals surface area contributed by atoms with Crippen LogP contribution in [0.5, 0.6) is 11.5 Å². The monoisotopic (exact) mass is 460 g/mol. The van der Waals surface area contributed by atoms with Gasteiger partial charge in [-0.2, -0.15) is 0 Å². The number of halogens is 1. The van der Waals surface area contributed by atoms with Gasteiger partial charge in [0, 0.05) is 41.4 Å². The van der Waals surface area contributed by atoms with Gasteiger partial charge in [0.2, 0.25) is 11.9 Å². The van der Waals surface area contributed by atoms with Gasteiger partial charge >= 0.3 is 0 Å². The van der Waals surface area contributed by atoms with Crippen molar-refractivity contribution in [3.8, 4) is 22.6 Å². The van der Waals surface area contributed by atoms with Gasteiger partial charge in [-0.15, -0.1) is 0 Å². The quantitative estimate of drug-likeness (QED) is 0.355. The molecule has 2 N–H and O–H groups in total. The first-order valence-corrected chi connectivity index (χ1v) is 10.8. The molecule has 0 aliphatic heterocycles. The van der Waals surface area contributed by atoms with Crippen LogP contribution in [0.2, 0.25) is 0 Å². The number of methoxy groups -OCH3 is 1. The number of fused-ring (bicyclic) bond motifs is 1. The summed E-state index contributed by atoms with van der Waals surface area (Å²) in [6.07, 6.45) is 1.61. The van der Waals surface area contributed by atoms with Gasteiger partial charge in [0.1, 0.15) is 17.3 Å². The van der Waals surface area contributed by atoms with Crippen LogP contribution >= 0.6 is 0 Å². The summed E-state index contributed by atoms with van der Waals surface area (Å²) >= 11 is 0. The summed E-state index contributed by atoms with van der Waals surface area (Å²) in [6, 6.07) is 15.5. The van der Waals surface area contributed by atoms with Crippen LogP contribution in [0.4, 0.5) is 21.7 Å². The van der Waals surface area contributed by atoms with E-state index in [0.717, 1.165) is 16.5 Å². The molecule has 0 saturated heterocycles. The zero-order valence-corrected chi connectivity index (χ0v) is 19.3. The van der Waals surface area contributed by atoms with Crippen molar-refractivity contribution in [3.63, 3.8) is 0 Å². The molecule has 4 rings (SSSR count). The van der Waals surface area contributed by atoms with Crippen molar-refractivity contribution in [2.24, 2.45) is 0 Å². The van der Waals surface area contributed by atoms with Gasteiger partial charge < -0.3 is 20.1 Å². The fraction of sp³-hybridized carbons (Fsp3) is 0.192. The van der Waals surface area contributed by atoms with Crippen LogP contribution < -0.4 is 20.1 Å². The van der Waals surface area contributed by atoms with Crippen LogP contribution in [0.15, 0.2) is 60.8 Å². The first kappa shape index (κ1) is 23.0. The number of anilines is 3. The SMILES string of the molecule is COc1ccc(Nc2ncc3cccc(-c4ccc(F)cc4OC(C)C)c3n2)cc1NC(C)=O. The van der Waals surface area contributed by atoms with Crippen LogP contribution in [0.1, 0.15) is 20.8 Å². The topological polar surface area (TPSA) is 85.4 Å². The third-order valence-electron chi connectivity index (χ3n) is 4.97. The molecular weight excluding hydrogens is 435 g/mol. The number of aromatic nitrogens is 2. The second-order valence-electron chi connectivity index (χ2n) is 7.97. The zero-order chi connectivity index (χ0) is 24.2. The molecule has 3 aromatic carbocycles. The number of benzene rings is 3. The van der Waals surface area contributed by atoms with Gasteiger partial charge in [0.15, 0.2) is 0 Å². The third-order valence-corrected chi connectivity index (χ3v) is 4.97. The number of nitrogens with zero attached hydrogens (tertiary/aromatic N) is 2. The summed E-state index contributed by atoms with van der Waals surface area (Å²) in [6.45, 7) is 5.22. The average Bonchev–Trinajstić information content (AvgIpc) is 2.78. The lowest BCUT2D eigenvalue weighted by Crippen LogP contribution is -2.08. The van der Waals surface area contributed by atoms with E-state index in [9.17, 15) is 9.18 Å². The number of carbonyl (C=O) groups excluding carboxylic acids is 1. The molecule has 0 bridgehead atoms. The predicted molar refractivity (Wildman–Crippen MR) is 131 cm³/mol. The van der Waals surface area contributed by atoms with E-state index in [1.807, 2.05) is 32.0 Å². The molecule has 8 heteroatoms. The Morgan fingerprint density at radius 1 is 1.03 bits per heavy atom. The van der Waals surface area contributed by atoms with Gasteiger partial charge in [-0.05, 0) is 44.2 Å². The summed E-state index contributed by atoms with van der Waals surface area (Å²) in [5.74, 6) is 0.779. The fourth-order valence-corrected chi connectivity index (χ4v) is 3.61. The Morgan fingerprint density at radius 3 is 2.59 bits per heavy atom. The molecular formula is C26H25FN4O3. The molecule has 1 aromatic heterocycles. The largest absolute Gasteiger partial charge is 0.495 e. The summed E-state index contributed by atoms with van der Waals surface area (Å²) in [5.41, 5.74) is 3.43. The van der Waals surface area contributed by atoms with Crippen LogP contribution in [-0.2, 0) is 4.79 Å². The maximum Gasteiger partial charge on any atom is 0.227 e. The maximum atomic E-state index is 13.9. The van der Waals surface area contributed by atoms with Gasteiger partial charge in [0.25, 0.3) is 0 Å². The number of ether oxygens (including phenoxy) is 2. The lowest BCUT2D eigenvalue weighted by molar-refractivity contribution is -0.114. The number of amides is 1. The molecule has 174 valence electrons. The summed E-state index contributed by atoms with van der Waals surface area (Å²) in [7, 11) is 1.54. The molecule has 0 atom stereocenters. The molecule has 0 unspecified atom stereocenters. The summed E-state index contributed by atoms with van der Waals surface area (Å²) in [4.78, 5) is 20.7. The highest BCUT2D eigenvalue weighted by molar-refractivity contribution is 5.95. The smallest absolute Gasteiger partial charge is 0.227 e. The number of carbonyl (C=O) groups is 1. The van der Waals surface area contributed by atoms with Gasteiger partial charge in [0.05, 0.1) is 24.4 Å². The molecule has 0 fully saturated rings. The van der Waals surface area contributed by atoms with Crippen molar-refractivity contribution in [3.05, 3.63) is 66.6 Å². The number of hydrogen-bond acceptors (Lipinski definition) is 6. The average molecular weight is 461 g/mol. The maximum absolute atomic E-state index is 13.9. The highest BCUT2D eigenvalue weighted by Crippen LogP contribution is 2.36. The fourth-order valence-electron chi connectivity index (χ4n) is 3.61. The minimum Gasteiger partial charge on any atom is -0.495 e. The molecule has 0 spiro atoms. The molecule has 1 heterocycles. The number of rotatable bonds is 7. The summed E-state index contributed by atoms with van der Waals surface area (Å²) < 4.78 is 25.1. The predicted octanol–water partition coefficient (Wildman–Crippen LogP) is 5.93. The Hall–Kier alpha value is -4.20. The van der Waals surface area contributed by atoms with E-state index in [1.54, 1.807) is 30.5 Å². The zero-order valence-electron chi connectivity index (χ0n) is 19.3. The Labute approximate surface area is 197 Å². The van der Waals surface area contributed by atoms with Gasteiger partial charge in [-0.1, -0.05) is 18.2 Å². The molecule has 0 saturated carbocycles. The molecule has 0 aliphatic rings. The van der Waals surface area contributed by atoms with Crippen LogP contribution in [-0.4, -0.2) is 29.1 Å². The Bertz CT molecular complexity index is 1360. The van der Waals surface area contributed by atoms with E-state index in [1.165, 1.54) is 26.2 Å². The highest BCUT2D eigenvalue weighted by atomic mass is 19.1. The van der Waals surface area contributed by atoms with E-state index < -0.39 is 0 Å². The van der Waals surface area contributed by atoms with Crippen molar-refractivity contribution < 1.29 is 18.7 Å². The van der Waals surface area contributed by atoms with Crippen molar-refractivity contribution in [1.82, 2.24) is 9.97 Å². The standard InChI is InChI=1S/C26H25FN4O3/c1-15(2)34-24-12-18(27)8-10-20(24)21-7-5-6-17-14-28-26(31-25(17)21)30-19-9-11-23(33-4)22(13-19)29-16(3)32/h5-15H,1-4H3,(H,29,32)(H,28,30,31). The van der Waals surface area contributed by atoms with E-state index >= 15 is 0 Å². The lowest BCUT2D eigenvalue weighted by atomic mass is 10.0. The van der Waals surface area contributed by atoms with E-state index in [2.05, 4.69) is 15.6 Å². The first-order chi connectivity index (χ1) is 16.3. The molecule has 0 aliphatic carbocycles. The van der Waals surface area contributed by atoms with Crippen LogP contribution in [0.3, 0.4) is 0 Å². The van der Waals surface area contributed by atoms with Crippen molar-refractivity contribution >= 4 is 34.1 Å². The Balaban J connectivity index is 1.75. The minimum absolute atomic E-state index is 0.116. The second kappa shape index (κ2) is 9.74. The van der Waals surface area contributed by atoms with Crippen LogP contribution in [0, 0.1) is 5.82 Å². The molecule has 0 radical (unpaired) electrons. The van der Waals surface area contributed by atoms with Gasteiger partial charge in [-0.3, -0.25) is 4.79 Å².